The highest BCUT2D eigenvalue weighted by atomic mass is 19.4. The number of aldehydes is 1. The van der Waals surface area contributed by atoms with Gasteiger partial charge in [0.25, 0.3) is 0 Å². The predicted octanol–water partition coefficient (Wildman–Crippen LogP) is 5.77. The van der Waals surface area contributed by atoms with E-state index in [-0.39, 0.29) is 29.2 Å². The van der Waals surface area contributed by atoms with Crippen molar-refractivity contribution in [2.75, 3.05) is 7.11 Å². The molecule has 0 aliphatic heterocycles. The van der Waals surface area contributed by atoms with E-state index in [0.717, 1.165) is 5.56 Å². The van der Waals surface area contributed by atoms with Crippen molar-refractivity contribution in [2.45, 2.75) is 18.9 Å². The van der Waals surface area contributed by atoms with Crippen LogP contribution in [0.15, 0.2) is 72.8 Å². The highest BCUT2D eigenvalue weighted by Gasteiger charge is 2.43. The Morgan fingerprint density at radius 1 is 0.933 bits per heavy atom. The number of ether oxygens (including phenoxy) is 3. The second-order valence-electron chi connectivity index (χ2n) is 6.41. The van der Waals surface area contributed by atoms with E-state index in [9.17, 15) is 18.0 Å². The van der Waals surface area contributed by atoms with Crippen LogP contribution in [0.4, 0.5) is 13.2 Å². The van der Waals surface area contributed by atoms with Crippen LogP contribution in [-0.4, -0.2) is 19.6 Å². The molecule has 30 heavy (non-hydrogen) atoms. The van der Waals surface area contributed by atoms with E-state index in [0.29, 0.717) is 12.0 Å². The summed E-state index contributed by atoms with van der Waals surface area (Å²) in [4.78, 5) is 11.1. The fraction of sp³-hybridized carbons (Fsp3) is 0.174. The van der Waals surface area contributed by atoms with E-state index in [1.54, 1.807) is 37.4 Å². The quantitative estimate of drug-likeness (QED) is 0.438. The minimum atomic E-state index is -4.66. The molecular weight excluding hydrogens is 397 g/mol. The molecule has 0 aromatic heterocycles. The van der Waals surface area contributed by atoms with Crippen LogP contribution in [0.3, 0.4) is 0 Å². The summed E-state index contributed by atoms with van der Waals surface area (Å²) in [6.07, 6.45) is -6.33. The van der Waals surface area contributed by atoms with Gasteiger partial charge < -0.3 is 14.2 Å². The van der Waals surface area contributed by atoms with Crippen LogP contribution >= 0.6 is 0 Å². The molecule has 0 radical (unpaired) electrons. The number of alkyl halides is 3. The Labute approximate surface area is 171 Å². The van der Waals surface area contributed by atoms with Crippen LogP contribution in [-0.2, 0) is 6.61 Å². The minimum Gasteiger partial charge on any atom is -0.497 e. The fourth-order valence-corrected chi connectivity index (χ4v) is 2.77. The first-order valence-corrected chi connectivity index (χ1v) is 9.04. The largest absolute Gasteiger partial charge is 0.497 e. The normalized spacial score (nSPS) is 12.1. The molecule has 0 saturated carbocycles. The summed E-state index contributed by atoms with van der Waals surface area (Å²) in [5.74, 6) is 0.606. The van der Waals surface area contributed by atoms with Crippen molar-refractivity contribution >= 4 is 6.29 Å². The maximum absolute atomic E-state index is 13.7. The smallest absolute Gasteiger partial charge is 0.429 e. The Morgan fingerprint density at radius 2 is 1.63 bits per heavy atom. The average molecular weight is 416 g/mol. The Bertz CT molecular complexity index is 970. The van der Waals surface area contributed by atoms with Gasteiger partial charge in [0, 0.05) is 11.1 Å². The van der Waals surface area contributed by atoms with E-state index < -0.39 is 12.3 Å². The number of carbonyl (C=O) groups excluding carboxylic acids is 1. The van der Waals surface area contributed by atoms with Gasteiger partial charge in [-0.2, -0.15) is 13.2 Å². The minimum absolute atomic E-state index is 0.0531. The van der Waals surface area contributed by atoms with Crippen LogP contribution < -0.4 is 14.2 Å². The Morgan fingerprint density at radius 3 is 2.23 bits per heavy atom. The van der Waals surface area contributed by atoms with Crippen LogP contribution in [0, 0.1) is 0 Å². The van der Waals surface area contributed by atoms with Gasteiger partial charge >= 0.3 is 6.18 Å². The summed E-state index contributed by atoms with van der Waals surface area (Å²) in [6, 6.07) is 18.4. The van der Waals surface area contributed by atoms with Crippen molar-refractivity contribution in [1.29, 1.82) is 0 Å². The first-order chi connectivity index (χ1) is 14.4. The molecule has 7 heteroatoms. The number of halogens is 3. The van der Waals surface area contributed by atoms with Crippen LogP contribution in [0.1, 0.15) is 27.6 Å². The van der Waals surface area contributed by atoms with Crippen molar-refractivity contribution in [3.63, 3.8) is 0 Å². The van der Waals surface area contributed by atoms with Gasteiger partial charge in [-0.05, 0) is 35.9 Å². The van der Waals surface area contributed by atoms with Crippen molar-refractivity contribution in [1.82, 2.24) is 0 Å². The van der Waals surface area contributed by atoms with Crippen molar-refractivity contribution in [3.8, 4) is 17.2 Å². The van der Waals surface area contributed by atoms with Crippen LogP contribution in [0.25, 0.3) is 0 Å². The molecule has 3 aromatic rings. The Kier molecular flexibility index (Phi) is 6.61. The molecule has 0 N–H and O–H groups in total. The molecule has 1 atom stereocenters. The average Bonchev–Trinajstić information content (AvgIpc) is 2.76. The number of carbonyl (C=O) groups is 1. The first-order valence-electron chi connectivity index (χ1n) is 9.04. The molecule has 0 amide bonds. The zero-order chi connectivity index (χ0) is 21.6. The summed E-state index contributed by atoms with van der Waals surface area (Å²) in [5.41, 5.74) is 0.912. The van der Waals surface area contributed by atoms with Crippen molar-refractivity contribution < 1.29 is 32.2 Å². The standard InChI is InChI=1S/C23H19F3O4/c1-28-19-10-7-16(8-11-19)15-29-20-12-9-17(14-27)13-21(20)30-22(23(24,25)26)18-5-3-2-4-6-18/h2-14,22H,15H2,1H3/t22-/m0/s1. The molecule has 0 unspecified atom stereocenters. The lowest BCUT2D eigenvalue weighted by Gasteiger charge is -2.23. The maximum Gasteiger partial charge on any atom is 0.429 e. The molecule has 0 fully saturated rings. The second kappa shape index (κ2) is 9.35. The van der Waals surface area contributed by atoms with Crippen molar-refractivity contribution in [3.05, 3.63) is 89.5 Å². The Hall–Kier alpha value is -3.48. The molecule has 0 saturated heterocycles. The first kappa shape index (κ1) is 21.2. The van der Waals surface area contributed by atoms with E-state index in [2.05, 4.69) is 0 Å². The summed E-state index contributed by atoms with van der Waals surface area (Å²) >= 11 is 0. The molecular formula is C23H19F3O4. The van der Waals surface area contributed by atoms with Gasteiger partial charge in [-0.3, -0.25) is 4.79 Å². The van der Waals surface area contributed by atoms with Gasteiger partial charge in [0.1, 0.15) is 18.6 Å². The molecule has 0 bridgehead atoms. The van der Waals surface area contributed by atoms with Crippen LogP contribution in [0.2, 0.25) is 0 Å². The van der Waals surface area contributed by atoms with Crippen LogP contribution in [0.5, 0.6) is 17.2 Å². The SMILES string of the molecule is COc1ccc(COc2ccc(C=O)cc2O[C@@H](c2ccccc2)C(F)(F)F)cc1. The molecule has 0 aliphatic carbocycles. The van der Waals surface area contributed by atoms with E-state index in [4.69, 9.17) is 14.2 Å². The highest BCUT2D eigenvalue weighted by Crippen LogP contribution is 2.40. The van der Waals surface area contributed by atoms with Gasteiger partial charge in [0.15, 0.2) is 11.5 Å². The monoisotopic (exact) mass is 416 g/mol. The highest BCUT2D eigenvalue weighted by molar-refractivity contribution is 5.76. The lowest BCUT2D eigenvalue weighted by Crippen LogP contribution is -2.26. The molecule has 3 rings (SSSR count). The zero-order valence-corrected chi connectivity index (χ0v) is 16.1. The lowest BCUT2D eigenvalue weighted by molar-refractivity contribution is -0.198. The van der Waals surface area contributed by atoms with Gasteiger partial charge in [0.2, 0.25) is 6.10 Å². The summed E-state index contributed by atoms with van der Waals surface area (Å²) in [6.45, 7) is 0.100. The number of benzene rings is 3. The maximum atomic E-state index is 13.7. The third-order valence-electron chi connectivity index (χ3n) is 4.30. The number of hydrogen-bond donors (Lipinski definition) is 0. The van der Waals surface area contributed by atoms with Gasteiger partial charge in [0.05, 0.1) is 7.11 Å². The van der Waals surface area contributed by atoms with E-state index in [1.165, 1.54) is 42.5 Å². The molecule has 4 nitrogen and oxygen atoms in total. The predicted molar refractivity (Wildman–Crippen MR) is 105 cm³/mol. The summed E-state index contributed by atoms with van der Waals surface area (Å²) in [5, 5.41) is 0. The number of hydrogen-bond acceptors (Lipinski definition) is 4. The zero-order valence-electron chi connectivity index (χ0n) is 16.1. The summed E-state index contributed by atoms with van der Waals surface area (Å²) < 4.78 is 57.2. The third kappa shape index (κ3) is 5.31. The van der Waals surface area contributed by atoms with Gasteiger partial charge in [-0.25, -0.2) is 0 Å². The molecule has 0 spiro atoms. The topological polar surface area (TPSA) is 44.8 Å². The van der Waals surface area contributed by atoms with E-state index >= 15 is 0 Å². The van der Waals surface area contributed by atoms with Crippen molar-refractivity contribution in [2.24, 2.45) is 0 Å². The van der Waals surface area contributed by atoms with Gasteiger partial charge in [-0.1, -0.05) is 42.5 Å². The third-order valence-corrected chi connectivity index (χ3v) is 4.30. The lowest BCUT2D eigenvalue weighted by atomic mass is 10.1. The molecule has 0 heterocycles. The molecule has 0 aliphatic rings. The molecule has 156 valence electrons. The Balaban J connectivity index is 1.87. The van der Waals surface area contributed by atoms with Gasteiger partial charge in [-0.15, -0.1) is 0 Å². The number of methoxy groups -OCH3 is 1. The second-order valence-corrected chi connectivity index (χ2v) is 6.41. The fourth-order valence-electron chi connectivity index (χ4n) is 2.77. The number of rotatable bonds is 8. The summed E-state index contributed by atoms with van der Waals surface area (Å²) in [7, 11) is 1.55. The molecule has 3 aromatic carbocycles. The van der Waals surface area contributed by atoms with E-state index in [1.807, 2.05) is 0 Å².